The van der Waals surface area contributed by atoms with Crippen LogP contribution in [0.15, 0.2) is 18.2 Å². The standard InChI is InChI=1S/C10H7F3N2O2/c11-10(12,13)8-4-3-7(2-1-5-14)6-9(8)15(16)17/h3-4,6H,5,14H2. The van der Waals surface area contributed by atoms with E-state index in [9.17, 15) is 23.3 Å². The fourth-order valence-corrected chi connectivity index (χ4v) is 1.15. The molecule has 0 bridgehead atoms. The van der Waals surface area contributed by atoms with Gasteiger partial charge < -0.3 is 5.73 Å². The molecular formula is C10H7F3N2O2. The van der Waals surface area contributed by atoms with Gasteiger partial charge in [0.25, 0.3) is 5.69 Å². The number of alkyl halides is 3. The molecule has 0 saturated heterocycles. The molecule has 2 N–H and O–H groups in total. The molecule has 0 spiro atoms. The Labute approximate surface area is 94.4 Å². The van der Waals surface area contributed by atoms with E-state index in [0.29, 0.717) is 6.07 Å². The van der Waals surface area contributed by atoms with Crippen LogP contribution in [-0.4, -0.2) is 11.5 Å². The van der Waals surface area contributed by atoms with Gasteiger partial charge in [-0.1, -0.05) is 11.8 Å². The first-order valence-corrected chi connectivity index (χ1v) is 4.41. The number of benzene rings is 1. The van der Waals surface area contributed by atoms with Gasteiger partial charge in [0, 0.05) is 11.6 Å². The molecule has 1 aromatic rings. The Morgan fingerprint density at radius 1 is 1.41 bits per heavy atom. The number of rotatable bonds is 1. The molecule has 0 radical (unpaired) electrons. The van der Waals surface area contributed by atoms with Crippen molar-refractivity contribution in [3.05, 3.63) is 39.4 Å². The maximum Gasteiger partial charge on any atom is 0.422 e. The molecule has 17 heavy (non-hydrogen) atoms. The van der Waals surface area contributed by atoms with E-state index in [0.717, 1.165) is 12.1 Å². The van der Waals surface area contributed by atoms with Crippen LogP contribution < -0.4 is 5.73 Å². The summed E-state index contributed by atoms with van der Waals surface area (Å²) in [4.78, 5) is 9.44. The summed E-state index contributed by atoms with van der Waals surface area (Å²) in [6.07, 6.45) is -4.76. The molecule has 7 heteroatoms. The smallest absolute Gasteiger partial charge is 0.320 e. The summed E-state index contributed by atoms with van der Waals surface area (Å²) >= 11 is 0. The fraction of sp³-hybridized carbons (Fsp3) is 0.200. The summed E-state index contributed by atoms with van der Waals surface area (Å²) in [5.74, 6) is 4.83. The van der Waals surface area contributed by atoms with Crippen LogP contribution in [0.25, 0.3) is 0 Å². The maximum absolute atomic E-state index is 12.4. The molecule has 0 heterocycles. The summed E-state index contributed by atoms with van der Waals surface area (Å²) in [5, 5.41) is 10.5. The minimum Gasteiger partial charge on any atom is -0.320 e. The van der Waals surface area contributed by atoms with Crippen molar-refractivity contribution < 1.29 is 18.1 Å². The number of nitrogens with zero attached hydrogens (tertiary/aromatic N) is 1. The van der Waals surface area contributed by atoms with Gasteiger partial charge in [0.05, 0.1) is 11.5 Å². The van der Waals surface area contributed by atoms with Crippen molar-refractivity contribution in [2.24, 2.45) is 5.73 Å². The monoisotopic (exact) mass is 244 g/mol. The fourth-order valence-electron chi connectivity index (χ4n) is 1.15. The average Bonchev–Trinajstić information content (AvgIpc) is 2.24. The lowest BCUT2D eigenvalue weighted by atomic mass is 10.1. The molecule has 0 unspecified atom stereocenters. The Bertz CT molecular complexity index is 500. The van der Waals surface area contributed by atoms with E-state index >= 15 is 0 Å². The highest BCUT2D eigenvalue weighted by molar-refractivity contribution is 5.50. The molecular weight excluding hydrogens is 237 g/mol. The maximum atomic E-state index is 12.4. The molecule has 0 atom stereocenters. The predicted octanol–water partition coefficient (Wildman–Crippen LogP) is 1.92. The van der Waals surface area contributed by atoms with Crippen molar-refractivity contribution >= 4 is 5.69 Å². The van der Waals surface area contributed by atoms with Crippen LogP contribution >= 0.6 is 0 Å². The van der Waals surface area contributed by atoms with Gasteiger partial charge in [0.15, 0.2) is 0 Å². The Morgan fingerprint density at radius 3 is 2.53 bits per heavy atom. The lowest BCUT2D eigenvalue weighted by molar-refractivity contribution is -0.388. The van der Waals surface area contributed by atoms with Crippen molar-refractivity contribution in [3.8, 4) is 11.8 Å². The van der Waals surface area contributed by atoms with Gasteiger partial charge >= 0.3 is 6.18 Å². The Hall–Kier alpha value is -2.07. The highest BCUT2D eigenvalue weighted by Gasteiger charge is 2.38. The quantitative estimate of drug-likeness (QED) is 0.466. The predicted molar refractivity (Wildman–Crippen MR) is 54.0 cm³/mol. The lowest BCUT2D eigenvalue weighted by Gasteiger charge is -2.07. The minimum absolute atomic E-state index is 0.0226. The molecule has 0 saturated carbocycles. The number of nitro groups is 1. The van der Waals surface area contributed by atoms with E-state index in [2.05, 4.69) is 11.8 Å². The molecule has 0 aromatic heterocycles. The summed E-state index contributed by atoms with van der Waals surface area (Å²) < 4.78 is 37.3. The second-order valence-electron chi connectivity index (χ2n) is 2.99. The average molecular weight is 244 g/mol. The third kappa shape index (κ3) is 3.19. The SMILES string of the molecule is NCC#Cc1ccc(C(F)(F)F)c([N+](=O)[O-])c1. The lowest BCUT2D eigenvalue weighted by Crippen LogP contribution is -2.09. The Kier molecular flexibility index (Phi) is 3.70. The number of halogens is 3. The van der Waals surface area contributed by atoms with Gasteiger partial charge in [-0.05, 0) is 12.1 Å². The zero-order valence-corrected chi connectivity index (χ0v) is 8.41. The number of hydrogen-bond donors (Lipinski definition) is 1. The Morgan fingerprint density at radius 2 is 2.06 bits per heavy atom. The van der Waals surface area contributed by atoms with Crippen LogP contribution in [0.3, 0.4) is 0 Å². The van der Waals surface area contributed by atoms with E-state index in [4.69, 9.17) is 5.73 Å². The molecule has 0 aliphatic heterocycles. The van der Waals surface area contributed by atoms with Gasteiger partial charge in [-0.25, -0.2) is 0 Å². The van der Waals surface area contributed by atoms with Crippen LogP contribution in [0.1, 0.15) is 11.1 Å². The molecule has 0 aliphatic rings. The van der Waals surface area contributed by atoms with Crippen LogP contribution in [0.2, 0.25) is 0 Å². The summed E-state index contributed by atoms with van der Waals surface area (Å²) in [5.41, 5.74) is 2.90. The van der Waals surface area contributed by atoms with Crippen molar-refractivity contribution in [2.45, 2.75) is 6.18 Å². The van der Waals surface area contributed by atoms with Gasteiger partial charge in [0.2, 0.25) is 0 Å². The third-order valence-electron chi connectivity index (χ3n) is 1.83. The van der Waals surface area contributed by atoms with Crippen LogP contribution in [-0.2, 0) is 6.18 Å². The van der Waals surface area contributed by atoms with Crippen molar-refractivity contribution in [2.75, 3.05) is 6.54 Å². The van der Waals surface area contributed by atoms with Gasteiger partial charge in [-0.2, -0.15) is 13.2 Å². The molecule has 1 aromatic carbocycles. The first-order valence-electron chi connectivity index (χ1n) is 4.41. The number of nitro benzene ring substituents is 1. The van der Waals surface area contributed by atoms with Crippen LogP contribution in [0.5, 0.6) is 0 Å². The first kappa shape index (κ1) is 13.0. The minimum atomic E-state index is -4.76. The van der Waals surface area contributed by atoms with E-state index in [1.165, 1.54) is 0 Å². The largest absolute Gasteiger partial charge is 0.422 e. The zero-order chi connectivity index (χ0) is 13.1. The molecule has 90 valence electrons. The van der Waals surface area contributed by atoms with Gasteiger partial charge in [-0.3, -0.25) is 10.1 Å². The molecule has 4 nitrogen and oxygen atoms in total. The van der Waals surface area contributed by atoms with E-state index in [-0.39, 0.29) is 12.1 Å². The van der Waals surface area contributed by atoms with Gasteiger partial charge in [-0.15, -0.1) is 0 Å². The molecule has 0 aliphatic carbocycles. The van der Waals surface area contributed by atoms with Gasteiger partial charge in [0.1, 0.15) is 5.56 Å². The third-order valence-corrected chi connectivity index (χ3v) is 1.83. The zero-order valence-electron chi connectivity index (χ0n) is 8.41. The van der Waals surface area contributed by atoms with Crippen molar-refractivity contribution in [3.63, 3.8) is 0 Å². The van der Waals surface area contributed by atoms with E-state index < -0.39 is 22.4 Å². The highest BCUT2D eigenvalue weighted by atomic mass is 19.4. The number of hydrogen-bond acceptors (Lipinski definition) is 3. The highest BCUT2D eigenvalue weighted by Crippen LogP contribution is 2.36. The molecule has 1 rings (SSSR count). The van der Waals surface area contributed by atoms with Crippen LogP contribution in [0.4, 0.5) is 18.9 Å². The van der Waals surface area contributed by atoms with Crippen molar-refractivity contribution in [1.29, 1.82) is 0 Å². The van der Waals surface area contributed by atoms with Crippen molar-refractivity contribution in [1.82, 2.24) is 0 Å². The summed E-state index contributed by atoms with van der Waals surface area (Å²) in [7, 11) is 0. The normalized spacial score (nSPS) is 10.6. The summed E-state index contributed by atoms with van der Waals surface area (Å²) in [6.45, 7) is 0.0226. The van der Waals surface area contributed by atoms with E-state index in [1.54, 1.807) is 0 Å². The molecule has 0 amide bonds. The summed E-state index contributed by atoms with van der Waals surface area (Å²) in [6, 6.07) is 2.49. The second-order valence-corrected chi connectivity index (χ2v) is 2.99. The number of nitrogens with two attached hydrogens (primary N) is 1. The first-order chi connectivity index (χ1) is 7.86. The Balaban J connectivity index is 3.32. The second kappa shape index (κ2) is 4.84. The van der Waals surface area contributed by atoms with Crippen LogP contribution in [0, 0.1) is 22.0 Å². The molecule has 0 fully saturated rings. The van der Waals surface area contributed by atoms with E-state index in [1.807, 2.05) is 0 Å². The topological polar surface area (TPSA) is 69.2 Å².